The lowest BCUT2D eigenvalue weighted by Gasteiger charge is -2.05. The number of pyridine rings is 1. The van der Waals surface area contributed by atoms with E-state index in [1.807, 2.05) is 18.3 Å². The van der Waals surface area contributed by atoms with Crippen LogP contribution in [-0.2, 0) is 6.42 Å². The zero-order valence-corrected chi connectivity index (χ0v) is 9.20. The van der Waals surface area contributed by atoms with Gasteiger partial charge in [-0.3, -0.25) is 0 Å². The number of nitrogens with zero attached hydrogens (tertiary/aromatic N) is 2. The molecule has 1 aliphatic carbocycles. The predicted molar refractivity (Wildman–Crippen MR) is 61.8 cm³/mol. The van der Waals surface area contributed by atoms with Crippen molar-refractivity contribution in [2.45, 2.75) is 25.3 Å². The summed E-state index contributed by atoms with van der Waals surface area (Å²) in [7, 11) is 0. The first-order chi connectivity index (χ1) is 7.33. The molecule has 1 saturated carbocycles. The van der Waals surface area contributed by atoms with E-state index < -0.39 is 0 Å². The van der Waals surface area contributed by atoms with Gasteiger partial charge in [-0.05, 0) is 30.9 Å². The van der Waals surface area contributed by atoms with Gasteiger partial charge in [0.15, 0.2) is 0 Å². The van der Waals surface area contributed by atoms with E-state index in [9.17, 15) is 0 Å². The normalized spacial score (nSPS) is 18.2. The third-order valence-corrected chi connectivity index (χ3v) is 3.85. The summed E-state index contributed by atoms with van der Waals surface area (Å²) in [6.45, 7) is 0. The highest BCUT2D eigenvalue weighted by Gasteiger charge is 2.29. The van der Waals surface area contributed by atoms with Crippen molar-refractivity contribution in [3.8, 4) is 0 Å². The molecule has 0 bridgehead atoms. The van der Waals surface area contributed by atoms with Crippen LogP contribution in [0.15, 0.2) is 18.3 Å². The van der Waals surface area contributed by atoms with Crippen molar-refractivity contribution in [2.75, 3.05) is 0 Å². The Bertz CT molecular complexity index is 442. The Labute approximate surface area is 92.4 Å². The van der Waals surface area contributed by atoms with Crippen LogP contribution < -0.4 is 5.73 Å². The van der Waals surface area contributed by atoms with Crippen LogP contribution in [0.5, 0.6) is 0 Å². The van der Waals surface area contributed by atoms with Crippen LogP contribution in [0.2, 0.25) is 0 Å². The number of rotatable bonds is 3. The Morgan fingerprint density at radius 1 is 1.53 bits per heavy atom. The van der Waals surface area contributed by atoms with E-state index in [2.05, 4.69) is 9.97 Å². The Balaban J connectivity index is 1.84. The Hall–Kier alpha value is -1.00. The zero-order valence-electron chi connectivity index (χ0n) is 8.39. The zero-order chi connectivity index (χ0) is 10.3. The second-order valence-corrected chi connectivity index (χ2v) is 5.20. The van der Waals surface area contributed by atoms with E-state index in [-0.39, 0.29) is 0 Å². The first-order valence-corrected chi connectivity index (χ1v) is 6.10. The first-order valence-electron chi connectivity index (χ1n) is 5.29. The van der Waals surface area contributed by atoms with Crippen LogP contribution in [0.1, 0.15) is 17.8 Å². The molecule has 1 unspecified atom stereocenters. The number of hydrogen-bond acceptors (Lipinski definition) is 4. The lowest BCUT2D eigenvalue weighted by molar-refractivity contribution is 0.590. The van der Waals surface area contributed by atoms with Gasteiger partial charge in [-0.2, -0.15) is 0 Å². The van der Waals surface area contributed by atoms with Crippen molar-refractivity contribution in [1.29, 1.82) is 0 Å². The summed E-state index contributed by atoms with van der Waals surface area (Å²) in [5.41, 5.74) is 7.08. The molecule has 2 heterocycles. The molecule has 0 amide bonds. The van der Waals surface area contributed by atoms with E-state index >= 15 is 0 Å². The van der Waals surface area contributed by atoms with Crippen molar-refractivity contribution in [3.63, 3.8) is 0 Å². The Morgan fingerprint density at radius 2 is 2.40 bits per heavy atom. The molecule has 3 rings (SSSR count). The van der Waals surface area contributed by atoms with Gasteiger partial charge >= 0.3 is 0 Å². The fourth-order valence-electron chi connectivity index (χ4n) is 1.79. The SMILES string of the molecule is NC(Cc1nc2cccnc2s1)C1CC1. The van der Waals surface area contributed by atoms with Gasteiger partial charge in [-0.25, -0.2) is 9.97 Å². The fraction of sp³-hybridized carbons (Fsp3) is 0.455. The maximum Gasteiger partial charge on any atom is 0.143 e. The predicted octanol–water partition coefficient (Wildman–Crippen LogP) is 1.97. The minimum absolute atomic E-state index is 0.297. The molecule has 1 atom stereocenters. The monoisotopic (exact) mass is 219 g/mol. The molecule has 2 aromatic rings. The smallest absolute Gasteiger partial charge is 0.143 e. The summed E-state index contributed by atoms with van der Waals surface area (Å²) in [5.74, 6) is 0.741. The average molecular weight is 219 g/mol. The third-order valence-electron chi connectivity index (χ3n) is 2.85. The molecule has 15 heavy (non-hydrogen) atoms. The lowest BCUT2D eigenvalue weighted by atomic mass is 10.1. The van der Waals surface area contributed by atoms with Gasteiger partial charge in [-0.15, -0.1) is 0 Å². The minimum atomic E-state index is 0.297. The van der Waals surface area contributed by atoms with E-state index in [1.54, 1.807) is 11.3 Å². The van der Waals surface area contributed by atoms with Gasteiger partial charge in [-0.1, -0.05) is 11.3 Å². The van der Waals surface area contributed by atoms with E-state index in [0.717, 1.165) is 27.7 Å². The molecular formula is C11H13N3S. The van der Waals surface area contributed by atoms with Gasteiger partial charge in [0.05, 0.1) is 5.01 Å². The van der Waals surface area contributed by atoms with Crippen molar-refractivity contribution in [3.05, 3.63) is 23.3 Å². The van der Waals surface area contributed by atoms with Crippen molar-refractivity contribution in [2.24, 2.45) is 11.7 Å². The van der Waals surface area contributed by atoms with E-state index in [4.69, 9.17) is 5.73 Å². The van der Waals surface area contributed by atoms with Gasteiger partial charge in [0, 0.05) is 18.7 Å². The molecule has 3 nitrogen and oxygen atoms in total. The molecule has 0 radical (unpaired) electrons. The molecule has 0 saturated heterocycles. The standard InChI is InChI=1S/C11H13N3S/c12-8(7-3-4-7)6-10-14-9-2-1-5-13-11(9)15-10/h1-2,5,7-8H,3-4,6,12H2. The molecule has 2 aromatic heterocycles. The van der Waals surface area contributed by atoms with Crippen LogP contribution in [0, 0.1) is 5.92 Å². The minimum Gasteiger partial charge on any atom is -0.327 e. The van der Waals surface area contributed by atoms with Crippen LogP contribution in [0.3, 0.4) is 0 Å². The maximum absolute atomic E-state index is 6.08. The molecule has 0 aliphatic heterocycles. The summed E-state index contributed by atoms with van der Waals surface area (Å²) < 4.78 is 0. The fourth-order valence-corrected chi connectivity index (χ4v) is 2.77. The van der Waals surface area contributed by atoms with Gasteiger partial charge < -0.3 is 5.73 Å². The van der Waals surface area contributed by atoms with Gasteiger partial charge in [0.25, 0.3) is 0 Å². The summed E-state index contributed by atoms with van der Waals surface area (Å²) in [4.78, 5) is 9.85. The first kappa shape index (κ1) is 9.24. The molecule has 1 aliphatic rings. The topological polar surface area (TPSA) is 51.8 Å². The van der Waals surface area contributed by atoms with Crippen LogP contribution in [0.25, 0.3) is 10.3 Å². The second-order valence-electron chi connectivity index (χ2n) is 4.14. The third kappa shape index (κ3) is 1.87. The lowest BCUT2D eigenvalue weighted by Crippen LogP contribution is -2.24. The van der Waals surface area contributed by atoms with Crippen molar-refractivity contribution < 1.29 is 0 Å². The number of fused-ring (bicyclic) bond motifs is 1. The van der Waals surface area contributed by atoms with Crippen molar-refractivity contribution in [1.82, 2.24) is 9.97 Å². The van der Waals surface area contributed by atoms with Gasteiger partial charge in [0.2, 0.25) is 0 Å². The number of aromatic nitrogens is 2. The summed E-state index contributed by atoms with van der Waals surface area (Å²) in [6.07, 6.45) is 5.31. The molecular weight excluding hydrogens is 206 g/mol. The molecule has 2 N–H and O–H groups in total. The molecule has 78 valence electrons. The summed E-state index contributed by atoms with van der Waals surface area (Å²) >= 11 is 1.67. The molecule has 0 aromatic carbocycles. The van der Waals surface area contributed by atoms with Crippen LogP contribution >= 0.6 is 11.3 Å². The highest BCUT2D eigenvalue weighted by atomic mass is 32.1. The highest BCUT2D eigenvalue weighted by molar-refractivity contribution is 7.18. The Kier molecular flexibility index (Phi) is 2.18. The maximum atomic E-state index is 6.08. The largest absolute Gasteiger partial charge is 0.327 e. The number of nitrogens with two attached hydrogens (primary N) is 1. The van der Waals surface area contributed by atoms with Gasteiger partial charge in [0.1, 0.15) is 10.3 Å². The Morgan fingerprint density at radius 3 is 3.13 bits per heavy atom. The molecule has 4 heteroatoms. The van der Waals surface area contributed by atoms with Crippen molar-refractivity contribution >= 4 is 21.7 Å². The van der Waals surface area contributed by atoms with E-state index in [1.165, 1.54) is 12.8 Å². The quantitative estimate of drug-likeness (QED) is 0.858. The van der Waals surface area contributed by atoms with Crippen LogP contribution in [0.4, 0.5) is 0 Å². The van der Waals surface area contributed by atoms with Crippen LogP contribution in [-0.4, -0.2) is 16.0 Å². The average Bonchev–Trinajstić information content (AvgIpc) is 2.99. The summed E-state index contributed by atoms with van der Waals surface area (Å²) in [6, 6.07) is 4.23. The number of thiazole rings is 1. The second kappa shape index (κ2) is 3.54. The van der Waals surface area contributed by atoms with E-state index in [0.29, 0.717) is 6.04 Å². The molecule has 1 fully saturated rings. The molecule has 0 spiro atoms. The summed E-state index contributed by atoms with van der Waals surface area (Å²) in [5, 5.41) is 1.13. The highest BCUT2D eigenvalue weighted by Crippen LogP contribution is 2.33. The number of hydrogen-bond donors (Lipinski definition) is 1.